The van der Waals surface area contributed by atoms with Gasteiger partial charge in [0, 0.05) is 12.7 Å². The quantitative estimate of drug-likeness (QED) is 0.548. The van der Waals surface area contributed by atoms with Crippen molar-refractivity contribution in [2.24, 2.45) is 5.73 Å². The first-order valence-electron chi connectivity index (χ1n) is 3.50. The Morgan fingerprint density at radius 1 is 1.75 bits per heavy atom. The normalized spacial score (nSPS) is 9.67. The molecule has 0 atom stereocenters. The van der Waals surface area contributed by atoms with Crippen LogP contribution in [0.1, 0.15) is 0 Å². The van der Waals surface area contributed by atoms with Crippen molar-refractivity contribution < 1.29 is 4.79 Å². The van der Waals surface area contributed by atoms with E-state index in [1.807, 2.05) is 0 Å². The number of carbonyl (C=O) groups excluding carboxylic acids is 1. The molecule has 1 rings (SSSR count). The molecular formula is C6H11N5O. The van der Waals surface area contributed by atoms with E-state index in [2.05, 4.69) is 10.4 Å². The second-order valence-electron chi connectivity index (χ2n) is 2.33. The average Bonchev–Trinajstić information content (AvgIpc) is 2.35. The molecule has 1 heterocycles. The van der Waals surface area contributed by atoms with Crippen LogP contribution in [-0.2, 0) is 6.54 Å². The predicted octanol–water partition coefficient (Wildman–Crippen LogP) is -0.866. The molecule has 0 radical (unpaired) electrons. The number of primary amides is 1. The zero-order chi connectivity index (χ0) is 8.97. The topological polar surface area (TPSA) is 99.0 Å². The third-order valence-electron chi connectivity index (χ3n) is 1.29. The lowest BCUT2D eigenvalue weighted by atomic mass is 10.6. The fourth-order valence-corrected chi connectivity index (χ4v) is 0.796. The number of anilines is 1. The molecule has 12 heavy (non-hydrogen) atoms. The Bertz CT molecular complexity index is 269. The first-order valence-corrected chi connectivity index (χ1v) is 3.50. The molecule has 0 saturated heterocycles. The molecule has 66 valence electrons. The Hall–Kier alpha value is -1.72. The summed E-state index contributed by atoms with van der Waals surface area (Å²) >= 11 is 0. The van der Waals surface area contributed by atoms with Gasteiger partial charge in [0.05, 0.1) is 18.4 Å². The molecular weight excluding hydrogens is 158 g/mol. The van der Waals surface area contributed by atoms with Gasteiger partial charge in [-0.2, -0.15) is 5.10 Å². The third kappa shape index (κ3) is 2.49. The van der Waals surface area contributed by atoms with Crippen LogP contribution in [0.3, 0.4) is 0 Å². The molecule has 1 aromatic heterocycles. The second-order valence-corrected chi connectivity index (χ2v) is 2.33. The van der Waals surface area contributed by atoms with Gasteiger partial charge in [-0.15, -0.1) is 0 Å². The fraction of sp³-hybridized carbons (Fsp3) is 0.333. The summed E-state index contributed by atoms with van der Waals surface area (Å²) in [5, 5.41) is 6.35. The third-order valence-corrected chi connectivity index (χ3v) is 1.29. The van der Waals surface area contributed by atoms with E-state index in [0.29, 0.717) is 18.8 Å². The van der Waals surface area contributed by atoms with Crippen molar-refractivity contribution >= 4 is 11.7 Å². The molecule has 0 fully saturated rings. The lowest BCUT2D eigenvalue weighted by molar-refractivity contribution is 0.248. The maximum Gasteiger partial charge on any atom is 0.312 e. The van der Waals surface area contributed by atoms with Crippen LogP contribution < -0.4 is 16.8 Å². The van der Waals surface area contributed by atoms with Crippen LogP contribution in [0.5, 0.6) is 0 Å². The summed E-state index contributed by atoms with van der Waals surface area (Å²) in [6, 6.07) is -0.532. The van der Waals surface area contributed by atoms with Gasteiger partial charge in [-0.1, -0.05) is 0 Å². The average molecular weight is 169 g/mol. The van der Waals surface area contributed by atoms with Crippen molar-refractivity contribution in [3.05, 3.63) is 12.4 Å². The van der Waals surface area contributed by atoms with Crippen LogP contribution >= 0.6 is 0 Å². The van der Waals surface area contributed by atoms with Crippen molar-refractivity contribution in [1.82, 2.24) is 15.1 Å². The van der Waals surface area contributed by atoms with Crippen molar-refractivity contribution in [3.8, 4) is 0 Å². The van der Waals surface area contributed by atoms with Gasteiger partial charge >= 0.3 is 6.03 Å². The van der Waals surface area contributed by atoms with Crippen LogP contribution in [-0.4, -0.2) is 22.4 Å². The van der Waals surface area contributed by atoms with E-state index >= 15 is 0 Å². The number of urea groups is 1. The Kier molecular flexibility index (Phi) is 2.52. The van der Waals surface area contributed by atoms with Crippen molar-refractivity contribution in [3.63, 3.8) is 0 Å². The Morgan fingerprint density at radius 3 is 3.00 bits per heavy atom. The Balaban J connectivity index is 2.29. The molecule has 6 nitrogen and oxygen atoms in total. The summed E-state index contributed by atoms with van der Waals surface area (Å²) in [5.74, 6) is 0. The number of rotatable bonds is 3. The molecule has 0 aliphatic rings. The highest BCUT2D eigenvalue weighted by Gasteiger charge is 1.94. The standard InChI is InChI=1S/C6H11N5O/c7-5-3-10-11(4-5)2-1-9-6(8)12/h3-4H,1-2,7H2,(H3,8,9,12). The zero-order valence-corrected chi connectivity index (χ0v) is 6.53. The second kappa shape index (κ2) is 3.61. The molecule has 0 aromatic carbocycles. The molecule has 2 amide bonds. The largest absolute Gasteiger partial charge is 0.396 e. The number of nitrogen functional groups attached to an aromatic ring is 1. The highest BCUT2D eigenvalue weighted by molar-refractivity contribution is 5.71. The summed E-state index contributed by atoms with van der Waals surface area (Å²) < 4.78 is 1.63. The Morgan fingerprint density at radius 2 is 2.50 bits per heavy atom. The molecule has 0 aliphatic heterocycles. The van der Waals surface area contributed by atoms with Gasteiger partial charge in [0.25, 0.3) is 0 Å². The summed E-state index contributed by atoms with van der Waals surface area (Å²) in [4.78, 5) is 10.3. The fourth-order valence-electron chi connectivity index (χ4n) is 0.796. The van der Waals surface area contributed by atoms with Crippen molar-refractivity contribution in [2.45, 2.75) is 6.54 Å². The number of aromatic nitrogens is 2. The van der Waals surface area contributed by atoms with E-state index in [0.717, 1.165) is 0 Å². The Labute approximate surface area is 69.5 Å². The first kappa shape index (κ1) is 8.38. The minimum Gasteiger partial charge on any atom is -0.396 e. The van der Waals surface area contributed by atoms with Crippen LogP contribution in [0.15, 0.2) is 12.4 Å². The highest BCUT2D eigenvalue weighted by atomic mass is 16.2. The zero-order valence-electron chi connectivity index (χ0n) is 6.53. The highest BCUT2D eigenvalue weighted by Crippen LogP contribution is 1.96. The van der Waals surface area contributed by atoms with E-state index in [1.54, 1.807) is 17.1 Å². The van der Waals surface area contributed by atoms with Crippen LogP contribution in [0.4, 0.5) is 10.5 Å². The summed E-state index contributed by atoms with van der Waals surface area (Å²) in [6.07, 6.45) is 3.23. The van der Waals surface area contributed by atoms with Crippen molar-refractivity contribution in [1.29, 1.82) is 0 Å². The van der Waals surface area contributed by atoms with Gasteiger partial charge in [-0.25, -0.2) is 4.79 Å². The maximum absolute atomic E-state index is 10.3. The van der Waals surface area contributed by atoms with Crippen molar-refractivity contribution in [2.75, 3.05) is 12.3 Å². The lowest BCUT2D eigenvalue weighted by Crippen LogP contribution is -2.32. The van der Waals surface area contributed by atoms with E-state index in [9.17, 15) is 4.79 Å². The van der Waals surface area contributed by atoms with Crippen LogP contribution in [0, 0.1) is 0 Å². The number of hydrogen-bond donors (Lipinski definition) is 3. The minimum absolute atomic E-state index is 0.455. The van der Waals surface area contributed by atoms with Gasteiger partial charge in [0.2, 0.25) is 0 Å². The smallest absolute Gasteiger partial charge is 0.312 e. The predicted molar refractivity (Wildman–Crippen MR) is 44.2 cm³/mol. The molecule has 0 saturated carbocycles. The number of hydrogen-bond acceptors (Lipinski definition) is 3. The maximum atomic E-state index is 10.3. The van der Waals surface area contributed by atoms with E-state index in [-0.39, 0.29) is 0 Å². The van der Waals surface area contributed by atoms with Gasteiger partial charge < -0.3 is 16.8 Å². The van der Waals surface area contributed by atoms with Gasteiger partial charge in [-0.3, -0.25) is 4.68 Å². The number of amides is 2. The molecule has 0 aliphatic carbocycles. The SMILES string of the molecule is NC(=O)NCCn1cc(N)cn1. The number of carbonyl (C=O) groups is 1. The molecule has 6 heteroatoms. The number of nitrogens with zero attached hydrogens (tertiary/aromatic N) is 2. The van der Waals surface area contributed by atoms with Crippen LogP contribution in [0.2, 0.25) is 0 Å². The van der Waals surface area contributed by atoms with E-state index < -0.39 is 6.03 Å². The van der Waals surface area contributed by atoms with Gasteiger partial charge in [0.1, 0.15) is 0 Å². The molecule has 1 aromatic rings. The molecule has 0 bridgehead atoms. The molecule has 0 spiro atoms. The summed E-state index contributed by atoms with van der Waals surface area (Å²) in [7, 11) is 0. The summed E-state index contributed by atoms with van der Waals surface area (Å²) in [6.45, 7) is 1.02. The van der Waals surface area contributed by atoms with Crippen LogP contribution in [0.25, 0.3) is 0 Å². The first-order chi connectivity index (χ1) is 5.68. The van der Waals surface area contributed by atoms with E-state index in [4.69, 9.17) is 11.5 Å². The summed E-state index contributed by atoms with van der Waals surface area (Å²) in [5.41, 5.74) is 10.9. The molecule has 0 unspecified atom stereocenters. The monoisotopic (exact) mass is 169 g/mol. The minimum atomic E-state index is -0.532. The molecule has 5 N–H and O–H groups in total. The van der Waals surface area contributed by atoms with Gasteiger partial charge in [0.15, 0.2) is 0 Å². The number of nitrogens with one attached hydrogen (secondary N) is 1. The number of nitrogens with two attached hydrogens (primary N) is 2. The van der Waals surface area contributed by atoms with Gasteiger partial charge in [-0.05, 0) is 0 Å². The lowest BCUT2D eigenvalue weighted by Gasteiger charge is -2.00. The van der Waals surface area contributed by atoms with E-state index in [1.165, 1.54) is 0 Å².